The van der Waals surface area contributed by atoms with Crippen LogP contribution < -0.4 is 20.3 Å². The maximum absolute atomic E-state index is 12.6. The van der Waals surface area contributed by atoms with Gasteiger partial charge in [-0.1, -0.05) is 12.1 Å². The minimum absolute atomic E-state index is 0.0988. The largest absolute Gasteiger partial charge is 0.573 e. The van der Waals surface area contributed by atoms with Crippen molar-refractivity contribution >= 4 is 17.9 Å². The summed E-state index contributed by atoms with van der Waals surface area (Å²) in [5.74, 6) is -1.76. The number of carbonyl (C=O) groups is 2. The fraction of sp³-hybridized carbons (Fsp3) is 0.304. The SMILES string of the molecule is CCONC(=O)/C(=C/c1ccc(OC(F)(F)F)cc1)NC(=O)c1ccc(OCCCC(F)(F)F)cc1. The van der Waals surface area contributed by atoms with E-state index in [-0.39, 0.29) is 42.2 Å². The van der Waals surface area contributed by atoms with E-state index in [9.17, 15) is 35.9 Å². The maximum atomic E-state index is 12.6. The lowest BCUT2D eigenvalue weighted by atomic mass is 10.1. The van der Waals surface area contributed by atoms with Gasteiger partial charge in [-0.2, -0.15) is 13.2 Å². The molecule has 0 bridgehead atoms. The molecule has 0 aromatic heterocycles. The fourth-order valence-corrected chi connectivity index (χ4v) is 2.64. The van der Waals surface area contributed by atoms with Gasteiger partial charge in [-0.25, -0.2) is 5.48 Å². The summed E-state index contributed by atoms with van der Waals surface area (Å²) in [5, 5.41) is 2.38. The van der Waals surface area contributed by atoms with Gasteiger partial charge in [0.25, 0.3) is 11.8 Å². The third-order valence-corrected chi connectivity index (χ3v) is 4.22. The zero-order chi connectivity index (χ0) is 26.8. The van der Waals surface area contributed by atoms with Crippen LogP contribution in [0, 0.1) is 0 Å². The van der Waals surface area contributed by atoms with Crippen molar-refractivity contribution in [1.82, 2.24) is 10.8 Å². The molecule has 0 aliphatic heterocycles. The van der Waals surface area contributed by atoms with E-state index in [0.29, 0.717) is 0 Å². The molecule has 0 radical (unpaired) electrons. The van der Waals surface area contributed by atoms with E-state index >= 15 is 0 Å². The molecule has 2 aromatic rings. The Morgan fingerprint density at radius 3 is 2.08 bits per heavy atom. The number of alkyl halides is 6. The highest BCUT2D eigenvalue weighted by Gasteiger charge is 2.31. The Balaban J connectivity index is 2.09. The Labute approximate surface area is 202 Å². The number of amides is 2. The number of rotatable bonds is 11. The summed E-state index contributed by atoms with van der Waals surface area (Å²) in [5.41, 5.74) is 2.20. The second-order valence-electron chi connectivity index (χ2n) is 7.08. The van der Waals surface area contributed by atoms with Gasteiger partial charge in [0.2, 0.25) is 0 Å². The first-order chi connectivity index (χ1) is 16.9. The predicted octanol–water partition coefficient (Wildman–Crippen LogP) is 5.15. The Morgan fingerprint density at radius 2 is 1.53 bits per heavy atom. The van der Waals surface area contributed by atoms with Gasteiger partial charge < -0.3 is 14.8 Å². The van der Waals surface area contributed by atoms with E-state index in [1.165, 1.54) is 42.5 Å². The lowest BCUT2D eigenvalue weighted by Crippen LogP contribution is -2.34. The molecule has 0 saturated carbocycles. The molecule has 2 rings (SSSR count). The average Bonchev–Trinajstić information content (AvgIpc) is 2.80. The number of nitrogens with one attached hydrogen (secondary N) is 2. The van der Waals surface area contributed by atoms with Crippen molar-refractivity contribution in [2.75, 3.05) is 13.2 Å². The zero-order valence-corrected chi connectivity index (χ0v) is 18.8. The normalized spacial score (nSPS) is 12.1. The number of carbonyl (C=O) groups excluding carboxylic acids is 2. The quantitative estimate of drug-likeness (QED) is 0.185. The molecule has 2 N–H and O–H groups in total. The van der Waals surface area contributed by atoms with Gasteiger partial charge in [0.15, 0.2) is 0 Å². The van der Waals surface area contributed by atoms with E-state index in [2.05, 4.69) is 15.5 Å². The topological polar surface area (TPSA) is 85.9 Å². The standard InChI is InChI=1S/C23H22F6N2O5/c1-2-35-31-21(33)19(14-15-4-8-18(9-5-15)36-23(27,28)29)30-20(32)16-6-10-17(11-7-16)34-13-3-12-22(24,25)26/h4-11,14H,2-3,12-13H2,1H3,(H,30,32)(H,31,33)/b19-14-. The first-order valence-electron chi connectivity index (χ1n) is 10.5. The third kappa shape index (κ3) is 10.7. The van der Waals surface area contributed by atoms with Crippen molar-refractivity contribution in [3.8, 4) is 11.5 Å². The van der Waals surface area contributed by atoms with Crippen LogP contribution in [0.2, 0.25) is 0 Å². The van der Waals surface area contributed by atoms with Crippen molar-refractivity contribution in [1.29, 1.82) is 0 Å². The van der Waals surface area contributed by atoms with Crippen LogP contribution in [-0.2, 0) is 9.63 Å². The Bertz CT molecular complexity index is 1030. The van der Waals surface area contributed by atoms with Crippen molar-refractivity contribution in [3.63, 3.8) is 0 Å². The first kappa shape index (κ1) is 28.5. The number of hydrogen-bond donors (Lipinski definition) is 2. The lowest BCUT2D eigenvalue weighted by molar-refractivity contribution is -0.274. The van der Waals surface area contributed by atoms with Crippen LogP contribution in [0.3, 0.4) is 0 Å². The van der Waals surface area contributed by atoms with Gasteiger partial charge in [0.05, 0.1) is 13.2 Å². The van der Waals surface area contributed by atoms with Gasteiger partial charge >= 0.3 is 12.5 Å². The molecule has 7 nitrogen and oxygen atoms in total. The molecule has 2 aromatic carbocycles. The third-order valence-electron chi connectivity index (χ3n) is 4.22. The van der Waals surface area contributed by atoms with Crippen molar-refractivity contribution in [2.45, 2.75) is 32.3 Å². The fourth-order valence-electron chi connectivity index (χ4n) is 2.64. The van der Waals surface area contributed by atoms with Crippen molar-refractivity contribution in [2.24, 2.45) is 0 Å². The number of ether oxygens (including phenoxy) is 2. The van der Waals surface area contributed by atoms with Crippen LogP contribution >= 0.6 is 0 Å². The van der Waals surface area contributed by atoms with Crippen LogP contribution in [0.25, 0.3) is 6.08 Å². The maximum Gasteiger partial charge on any atom is 0.573 e. The van der Waals surface area contributed by atoms with Crippen LogP contribution in [0.1, 0.15) is 35.7 Å². The molecule has 13 heteroatoms. The number of halogens is 6. The highest BCUT2D eigenvalue weighted by Crippen LogP contribution is 2.24. The second-order valence-corrected chi connectivity index (χ2v) is 7.08. The number of hydroxylamine groups is 1. The summed E-state index contributed by atoms with van der Waals surface area (Å²) >= 11 is 0. The van der Waals surface area contributed by atoms with Gasteiger partial charge in [-0.15, -0.1) is 13.2 Å². The van der Waals surface area contributed by atoms with E-state index in [4.69, 9.17) is 9.57 Å². The molecule has 0 unspecified atom stereocenters. The van der Waals surface area contributed by atoms with Crippen LogP contribution in [-0.4, -0.2) is 37.6 Å². The molecule has 196 valence electrons. The molecule has 0 aliphatic carbocycles. The van der Waals surface area contributed by atoms with Crippen molar-refractivity contribution < 1.29 is 50.2 Å². The molecule has 0 aliphatic rings. The molecule has 0 saturated heterocycles. The molecule has 36 heavy (non-hydrogen) atoms. The lowest BCUT2D eigenvalue weighted by Gasteiger charge is -2.12. The van der Waals surface area contributed by atoms with Gasteiger partial charge in [-0.3, -0.25) is 14.4 Å². The minimum atomic E-state index is -4.86. The Hall–Kier alpha value is -3.74. The molecule has 0 heterocycles. The zero-order valence-electron chi connectivity index (χ0n) is 18.8. The van der Waals surface area contributed by atoms with Crippen LogP contribution in [0.15, 0.2) is 54.2 Å². The van der Waals surface area contributed by atoms with Gasteiger partial charge in [0, 0.05) is 12.0 Å². The predicted molar refractivity (Wildman–Crippen MR) is 116 cm³/mol. The monoisotopic (exact) mass is 520 g/mol. The first-order valence-corrected chi connectivity index (χ1v) is 10.5. The summed E-state index contributed by atoms with van der Waals surface area (Å²) in [6.45, 7) is 1.57. The smallest absolute Gasteiger partial charge is 0.494 e. The van der Waals surface area contributed by atoms with E-state index in [0.717, 1.165) is 12.1 Å². The van der Waals surface area contributed by atoms with E-state index in [1.807, 2.05) is 0 Å². The Kier molecular flexibility index (Phi) is 10.1. The van der Waals surface area contributed by atoms with Crippen LogP contribution in [0.5, 0.6) is 11.5 Å². The van der Waals surface area contributed by atoms with E-state index in [1.54, 1.807) is 6.92 Å². The highest BCUT2D eigenvalue weighted by molar-refractivity contribution is 6.05. The Morgan fingerprint density at radius 1 is 0.917 bits per heavy atom. The van der Waals surface area contributed by atoms with Crippen molar-refractivity contribution in [3.05, 3.63) is 65.4 Å². The highest BCUT2D eigenvalue weighted by atomic mass is 19.4. The molecule has 0 atom stereocenters. The summed E-state index contributed by atoms with van der Waals surface area (Å²) in [7, 11) is 0. The van der Waals surface area contributed by atoms with Crippen LogP contribution in [0.4, 0.5) is 26.3 Å². The van der Waals surface area contributed by atoms with E-state index < -0.39 is 36.5 Å². The average molecular weight is 520 g/mol. The molecular weight excluding hydrogens is 498 g/mol. The summed E-state index contributed by atoms with van der Waals surface area (Å²) in [6, 6.07) is 10.0. The molecular formula is C23H22F6N2O5. The summed E-state index contributed by atoms with van der Waals surface area (Å²) < 4.78 is 82.5. The minimum Gasteiger partial charge on any atom is -0.494 e. The van der Waals surface area contributed by atoms with Gasteiger partial charge in [0.1, 0.15) is 17.2 Å². The summed E-state index contributed by atoms with van der Waals surface area (Å²) in [4.78, 5) is 29.9. The summed E-state index contributed by atoms with van der Waals surface area (Å²) in [6.07, 6.45) is -9.13. The number of benzene rings is 2. The number of hydrogen-bond acceptors (Lipinski definition) is 5. The molecule has 0 fully saturated rings. The molecule has 0 spiro atoms. The van der Waals surface area contributed by atoms with Gasteiger partial charge in [-0.05, 0) is 61.4 Å². The second kappa shape index (κ2) is 12.8. The molecule has 2 amide bonds.